The first-order valence-electron chi connectivity index (χ1n) is 13.1. The third-order valence-electron chi connectivity index (χ3n) is 7.80. The highest BCUT2D eigenvalue weighted by molar-refractivity contribution is 5.82. The average molecular weight is 502 g/mol. The number of hydrogen-bond donors (Lipinski definition) is 2. The van der Waals surface area contributed by atoms with E-state index in [0.29, 0.717) is 19.1 Å². The molecule has 2 aliphatic heterocycles. The number of carbonyl (C=O) groups is 1. The van der Waals surface area contributed by atoms with Gasteiger partial charge in [0.15, 0.2) is 11.5 Å². The standard InChI is InChI=1S/C30H32FN3O3/c31-24-8-5-21(6-9-24)17-33-25-16-27(34(18-25)26-14-22-3-1-2-4-23(22)15-26)30(35)32-12-11-20-7-10-28-29(13-20)37-19-36-28/h1-10,13,25-27,33H,11-12,14-19H2,(H,32,35)/t25-,27+/m1/s1. The summed E-state index contributed by atoms with van der Waals surface area (Å²) >= 11 is 0. The van der Waals surface area contributed by atoms with E-state index in [4.69, 9.17) is 9.47 Å². The molecule has 0 bridgehead atoms. The zero-order valence-corrected chi connectivity index (χ0v) is 20.8. The van der Waals surface area contributed by atoms with Gasteiger partial charge in [-0.05, 0) is 72.2 Å². The minimum absolute atomic E-state index is 0.0859. The van der Waals surface area contributed by atoms with Gasteiger partial charge in [-0.2, -0.15) is 0 Å². The van der Waals surface area contributed by atoms with Crippen molar-refractivity contribution in [2.24, 2.45) is 0 Å². The summed E-state index contributed by atoms with van der Waals surface area (Å²) in [6, 6.07) is 21.5. The number of nitrogens with zero attached hydrogens (tertiary/aromatic N) is 1. The van der Waals surface area contributed by atoms with E-state index in [1.807, 2.05) is 30.3 Å². The molecule has 0 saturated carbocycles. The lowest BCUT2D eigenvalue weighted by atomic mass is 10.1. The molecule has 1 saturated heterocycles. The van der Waals surface area contributed by atoms with Gasteiger partial charge in [0.2, 0.25) is 12.7 Å². The van der Waals surface area contributed by atoms with Crippen LogP contribution in [0.3, 0.4) is 0 Å². The second kappa shape index (κ2) is 10.5. The number of ether oxygens (including phenoxy) is 2. The maximum absolute atomic E-state index is 13.5. The van der Waals surface area contributed by atoms with Gasteiger partial charge in [0.25, 0.3) is 0 Å². The lowest BCUT2D eigenvalue weighted by molar-refractivity contribution is -0.126. The molecule has 2 atom stereocenters. The Kier molecular flexibility index (Phi) is 6.81. The van der Waals surface area contributed by atoms with Gasteiger partial charge < -0.3 is 20.1 Å². The lowest BCUT2D eigenvalue weighted by Gasteiger charge is -2.29. The Labute approximate surface area is 216 Å². The highest BCUT2D eigenvalue weighted by Crippen LogP contribution is 2.33. The van der Waals surface area contributed by atoms with Crippen molar-refractivity contribution in [2.45, 2.75) is 50.4 Å². The van der Waals surface area contributed by atoms with Gasteiger partial charge >= 0.3 is 0 Å². The zero-order valence-electron chi connectivity index (χ0n) is 20.8. The molecule has 1 fully saturated rings. The van der Waals surface area contributed by atoms with Gasteiger partial charge in [-0.25, -0.2) is 4.39 Å². The summed E-state index contributed by atoms with van der Waals surface area (Å²) in [7, 11) is 0. The van der Waals surface area contributed by atoms with Crippen molar-refractivity contribution in [2.75, 3.05) is 19.9 Å². The smallest absolute Gasteiger partial charge is 0.237 e. The van der Waals surface area contributed by atoms with Crippen LogP contribution in [0, 0.1) is 5.82 Å². The van der Waals surface area contributed by atoms with Crippen molar-refractivity contribution >= 4 is 5.91 Å². The van der Waals surface area contributed by atoms with E-state index in [9.17, 15) is 9.18 Å². The molecule has 3 aromatic carbocycles. The lowest BCUT2D eigenvalue weighted by Crippen LogP contribution is -2.48. The number of hydrogen-bond acceptors (Lipinski definition) is 5. The molecule has 192 valence electrons. The van der Waals surface area contributed by atoms with Crippen LogP contribution in [-0.2, 0) is 30.6 Å². The summed E-state index contributed by atoms with van der Waals surface area (Å²) < 4.78 is 24.2. The van der Waals surface area contributed by atoms with Crippen molar-refractivity contribution in [3.05, 3.63) is 94.8 Å². The maximum Gasteiger partial charge on any atom is 0.237 e. The Balaban J connectivity index is 1.10. The van der Waals surface area contributed by atoms with E-state index in [2.05, 4.69) is 39.8 Å². The fraction of sp³-hybridized carbons (Fsp3) is 0.367. The Morgan fingerprint density at radius 3 is 2.46 bits per heavy atom. The molecule has 7 heteroatoms. The topological polar surface area (TPSA) is 62.8 Å². The van der Waals surface area contributed by atoms with Crippen molar-refractivity contribution in [1.29, 1.82) is 0 Å². The van der Waals surface area contributed by atoms with Crippen LogP contribution in [0.15, 0.2) is 66.7 Å². The van der Waals surface area contributed by atoms with E-state index in [1.54, 1.807) is 0 Å². The molecule has 0 aromatic heterocycles. The van der Waals surface area contributed by atoms with Gasteiger partial charge in [0.05, 0.1) is 6.04 Å². The molecule has 0 spiro atoms. The number of likely N-dealkylation sites (tertiary alicyclic amines) is 1. The molecular formula is C30H32FN3O3. The molecule has 1 amide bonds. The Bertz CT molecular complexity index is 1240. The van der Waals surface area contributed by atoms with Crippen LogP contribution < -0.4 is 20.1 Å². The second-order valence-electron chi connectivity index (χ2n) is 10.2. The molecule has 0 radical (unpaired) electrons. The number of benzene rings is 3. The summed E-state index contributed by atoms with van der Waals surface area (Å²) in [6.45, 7) is 2.30. The number of carbonyl (C=O) groups excluding carboxylic acids is 1. The third kappa shape index (κ3) is 5.33. The monoisotopic (exact) mass is 501 g/mol. The molecular weight excluding hydrogens is 469 g/mol. The summed E-state index contributed by atoms with van der Waals surface area (Å²) in [5.41, 5.74) is 4.92. The fourth-order valence-corrected chi connectivity index (χ4v) is 5.85. The van der Waals surface area contributed by atoms with Crippen LogP contribution >= 0.6 is 0 Å². The predicted molar refractivity (Wildman–Crippen MR) is 139 cm³/mol. The van der Waals surface area contributed by atoms with Crippen LogP contribution in [0.4, 0.5) is 4.39 Å². The van der Waals surface area contributed by atoms with Gasteiger partial charge in [0.1, 0.15) is 5.82 Å². The van der Waals surface area contributed by atoms with E-state index < -0.39 is 0 Å². The van der Waals surface area contributed by atoms with E-state index >= 15 is 0 Å². The number of amides is 1. The van der Waals surface area contributed by atoms with Crippen LogP contribution in [0.2, 0.25) is 0 Å². The second-order valence-corrected chi connectivity index (χ2v) is 10.2. The third-order valence-corrected chi connectivity index (χ3v) is 7.80. The Morgan fingerprint density at radius 2 is 1.68 bits per heavy atom. The number of nitrogens with one attached hydrogen (secondary N) is 2. The molecule has 37 heavy (non-hydrogen) atoms. The van der Waals surface area contributed by atoms with E-state index in [1.165, 1.54) is 23.3 Å². The molecule has 6 rings (SSSR count). The maximum atomic E-state index is 13.5. The summed E-state index contributed by atoms with van der Waals surface area (Å²) in [5.74, 6) is 1.39. The van der Waals surface area contributed by atoms with E-state index in [-0.39, 0.29) is 30.6 Å². The Hall–Kier alpha value is -3.42. The molecule has 3 aliphatic rings. The van der Waals surface area contributed by atoms with Crippen molar-refractivity contribution in [3.8, 4) is 11.5 Å². The van der Waals surface area contributed by atoms with E-state index in [0.717, 1.165) is 54.9 Å². The molecule has 6 nitrogen and oxygen atoms in total. The molecule has 1 aliphatic carbocycles. The van der Waals surface area contributed by atoms with Gasteiger partial charge in [-0.1, -0.05) is 42.5 Å². The Morgan fingerprint density at radius 1 is 0.946 bits per heavy atom. The largest absolute Gasteiger partial charge is 0.454 e. The normalized spacial score (nSPS) is 20.8. The molecule has 2 N–H and O–H groups in total. The fourth-order valence-electron chi connectivity index (χ4n) is 5.85. The first-order chi connectivity index (χ1) is 18.1. The number of fused-ring (bicyclic) bond motifs is 2. The highest BCUT2D eigenvalue weighted by atomic mass is 19.1. The van der Waals surface area contributed by atoms with Crippen molar-refractivity contribution in [3.63, 3.8) is 0 Å². The minimum atomic E-state index is -0.228. The minimum Gasteiger partial charge on any atom is -0.454 e. The molecule has 0 unspecified atom stereocenters. The zero-order chi connectivity index (χ0) is 25.2. The van der Waals surface area contributed by atoms with Crippen LogP contribution in [-0.4, -0.2) is 48.8 Å². The molecule has 3 aromatic rings. The number of rotatable bonds is 8. The predicted octanol–water partition coefficient (Wildman–Crippen LogP) is 3.61. The SMILES string of the molecule is O=C(NCCc1ccc2c(c1)OCO2)[C@@H]1C[C@@H](NCc2ccc(F)cc2)CN1C1Cc2ccccc2C1. The summed E-state index contributed by atoms with van der Waals surface area (Å²) in [4.78, 5) is 15.9. The van der Waals surface area contributed by atoms with Crippen LogP contribution in [0.25, 0.3) is 0 Å². The highest BCUT2D eigenvalue weighted by Gasteiger charge is 2.41. The quantitative estimate of drug-likeness (QED) is 0.494. The van der Waals surface area contributed by atoms with Gasteiger partial charge in [-0.15, -0.1) is 0 Å². The summed E-state index contributed by atoms with van der Waals surface area (Å²) in [6.07, 6.45) is 3.43. The van der Waals surface area contributed by atoms with Gasteiger partial charge in [0, 0.05) is 31.7 Å². The average Bonchev–Trinajstić information content (AvgIpc) is 3.65. The van der Waals surface area contributed by atoms with Crippen molar-refractivity contribution in [1.82, 2.24) is 15.5 Å². The first kappa shape index (κ1) is 23.9. The summed E-state index contributed by atoms with van der Waals surface area (Å²) in [5, 5.41) is 6.81. The first-order valence-corrected chi connectivity index (χ1v) is 13.1. The molecule has 2 heterocycles. The van der Waals surface area contributed by atoms with Crippen molar-refractivity contribution < 1.29 is 18.7 Å². The van der Waals surface area contributed by atoms with Crippen LogP contribution in [0.1, 0.15) is 28.7 Å². The van der Waals surface area contributed by atoms with Gasteiger partial charge in [-0.3, -0.25) is 9.69 Å². The van der Waals surface area contributed by atoms with Crippen LogP contribution in [0.5, 0.6) is 11.5 Å². The number of halogens is 1.